The number of nitrogens with zero attached hydrogens (tertiary/aromatic N) is 1. The van der Waals surface area contributed by atoms with Crippen LogP contribution in [0.3, 0.4) is 0 Å². The molecule has 0 saturated heterocycles. The monoisotopic (exact) mass is 403 g/mol. The van der Waals surface area contributed by atoms with Crippen molar-refractivity contribution in [3.8, 4) is 0 Å². The highest BCUT2D eigenvalue weighted by atomic mass is 19.1. The third-order valence-corrected chi connectivity index (χ3v) is 4.76. The topological polar surface area (TPSA) is 83.4 Å². The highest BCUT2D eigenvalue weighted by Gasteiger charge is 2.43. The van der Waals surface area contributed by atoms with Gasteiger partial charge in [-0.15, -0.1) is 0 Å². The normalized spacial score (nSPS) is 13.9. The fourth-order valence-corrected chi connectivity index (χ4v) is 3.08. The van der Waals surface area contributed by atoms with E-state index in [9.17, 15) is 19.1 Å². The minimum absolute atomic E-state index is 0.268. The van der Waals surface area contributed by atoms with Gasteiger partial charge >= 0.3 is 0 Å². The first kappa shape index (κ1) is 22.6. The van der Waals surface area contributed by atoms with Crippen LogP contribution in [0.5, 0.6) is 0 Å². The minimum Gasteiger partial charge on any atom is -0.375 e. The van der Waals surface area contributed by atoms with Crippen LogP contribution in [0.4, 0.5) is 10.1 Å². The summed E-state index contributed by atoms with van der Waals surface area (Å²) in [6, 6.07) is 5.81. The predicted octanol–water partition coefficient (Wildman–Crippen LogP) is 3.48. The Balaban J connectivity index is 2.36. The zero-order valence-corrected chi connectivity index (χ0v) is 18.1. The Hall–Kier alpha value is -2.67. The van der Waals surface area contributed by atoms with Crippen LogP contribution in [0.15, 0.2) is 30.5 Å². The van der Waals surface area contributed by atoms with E-state index in [1.54, 1.807) is 38.6 Å². The summed E-state index contributed by atoms with van der Waals surface area (Å²) in [6.45, 7) is 10.6. The Morgan fingerprint density at radius 1 is 1.17 bits per heavy atom. The van der Waals surface area contributed by atoms with Gasteiger partial charge in [-0.1, -0.05) is 13.8 Å². The first-order chi connectivity index (χ1) is 13.3. The van der Waals surface area contributed by atoms with Crippen molar-refractivity contribution in [1.29, 1.82) is 0 Å². The summed E-state index contributed by atoms with van der Waals surface area (Å²) < 4.78 is 15.0. The van der Waals surface area contributed by atoms with Crippen molar-refractivity contribution in [2.45, 2.75) is 52.7 Å². The van der Waals surface area contributed by atoms with E-state index < -0.39 is 28.9 Å². The molecule has 1 atom stereocenters. The number of rotatable bonds is 5. The number of amides is 2. The van der Waals surface area contributed by atoms with Gasteiger partial charge < -0.3 is 20.3 Å². The quantitative estimate of drug-likeness (QED) is 0.715. The van der Waals surface area contributed by atoms with E-state index in [1.165, 1.54) is 24.3 Å². The van der Waals surface area contributed by atoms with E-state index in [2.05, 4.69) is 10.6 Å². The fraction of sp³-hybridized carbons (Fsp3) is 0.455. The predicted molar refractivity (Wildman–Crippen MR) is 111 cm³/mol. The number of halogens is 1. The lowest BCUT2D eigenvalue weighted by molar-refractivity contribution is -0.147. The second kappa shape index (κ2) is 7.99. The van der Waals surface area contributed by atoms with Crippen LogP contribution in [0.25, 0.3) is 0 Å². The van der Waals surface area contributed by atoms with Crippen molar-refractivity contribution in [1.82, 2.24) is 9.88 Å². The molecule has 158 valence electrons. The molecule has 0 bridgehead atoms. The molecule has 1 heterocycles. The third kappa shape index (κ3) is 4.85. The first-order valence-electron chi connectivity index (χ1n) is 9.55. The molecule has 0 aliphatic carbocycles. The molecule has 3 N–H and O–H groups in total. The number of hydrogen-bond acceptors (Lipinski definition) is 3. The van der Waals surface area contributed by atoms with Crippen LogP contribution in [-0.4, -0.2) is 27.0 Å². The number of aliphatic hydroxyl groups is 1. The molecule has 29 heavy (non-hydrogen) atoms. The van der Waals surface area contributed by atoms with Gasteiger partial charge in [-0.05, 0) is 63.4 Å². The lowest BCUT2D eigenvalue weighted by atomic mass is 9.83. The van der Waals surface area contributed by atoms with Crippen LogP contribution in [0.2, 0.25) is 0 Å². The van der Waals surface area contributed by atoms with Gasteiger partial charge in [0.25, 0.3) is 11.8 Å². The molecule has 0 fully saturated rings. The zero-order chi connectivity index (χ0) is 22.1. The molecule has 1 aromatic heterocycles. The van der Waals surface area contributed by atoms with Gasteiger partial charge in [-0.25, -0.2) is 4.39 Å². The molecule has 7 heteroatoms. The van der Waals surface area contributed by atoms with Gasteiger partial charge in [0.15, 0.2) is 5.60 Å². The summed E-state index contributed by atoms with van der Waals surface area (Å²) in [5.74, 6) is -1.72. The number of carbonyl (C=O) groups is 2. The Bertz CT molecular complexity index is 928. The maximum Gasteiger partial charge on any atom is 0.272 e. The Morgan fingerprint density at radius 2 is 1.79 bits per heavy atom. The molecular formula is C22H30FN3O3. The van der Waals surface area contributed by atoms with Gasteiger partial charge in [-0.2, -0.15) is 0 Å². The highest BCUT2D eigenvalue weighted by Crippen LogP contribution is 2.32. The largest absolute Gasteiger partial charge is 0.375 e. The fourth-order valence-electron chi connectivity index (χ4n) is 3.08. The molecule has 2 rings (SSSR count). The molecule has 0 spiro atoms. The van der Waals surface area contributed by atoms with E-state index in [-0.39, 0.29) is 11.5 Å². The summed E-state index contributed by atoms with van der Waals surface area (Å²) >= 11 is 0. The van der Waals surface area contributed by atoms with Crippen molar-refractivity contribution in [3.63, 3.8) is 0 Å². The molecule has 1 aromatic carbocycles. The van der Waals surface area contributed by atoms with Crippen molar-refractivity contribution >= 4 is 17.5 Å². The third-order valence-electron chi connectivity index (χ3n) is 4.76. The summed E-state index contributed by atoms with van der Waals surface area (Å²) in [4.78, 5) is 25.6. The highest BCUT2D eigenvalue weighted by molar-refractivity contribution is 6.03. The van der Waals surface area contributed by atoms with Crippen LogP contribution >= 0.6 is 0 Å². The number of benzene rings is 1. The molecule has 0 radical (unpaired) electrons. The molecular weight excluding hydrogens is 373 g/mol. The van der Waals surface area contributed by atoms with Crippen LogP contribution in [0.1, 0.15) is 56.2 Å². The van der Waals surface area contributed by atoms with E-state index in [0.29, 0.717) is 16.8 Å². The van der Waals surface area contributed by atoms with Gasteiger partial charge in [0.2, 0.25) is 0 Å². The number of aryl methyl sites for hydroxylation is 2. The summed E-state index contributed by atoms with van der Waals surface area (Å²) in [7, 11) is 1.66. The maximum absolute atomic E-state index is 13.4. The maximum atomic E-state index is 13.4. The van der Waals surface area contributed by atoms with Crippen molar-refractivity contribution in [2.24, 2.45) is 13.0 Å². The summed E-state index contributed by atoms with van der Waals surface area (Å²) in [5.41, 5.74) is -0.836. The van der Waals surface area contributed by atoms with Crippen molar-refractivity contribution in [3.05, 3.63) is 53.1 Å². The average molecular weight is 403 g/mol. The molecule has 2 amide bonds. The standard InChI is InChI=1S/C22H30FN3O3/c1-13(2)22(29,20(28)25-21(4,5)6)15-11-18(26(7)12-15)19(27)24-16-8-9-17(23)14(3)10-16/h8-13,29H,1-7H3,(H,24,27)(H,25,28). The van der Waals surface area contributed by atoms with Crippen LogP contribution < -0.4 is 10.6 Å². The zero-order valence-electron chi connectivity index (χ0n) is 18.1. The van der Waals surface area contributed by atoms with Gasteiger partial charge in [0.05, 0.1) is 0 Å². The summed E-state index contributed by atoms with van der Waals surface area (Å²) in [5, 5.41) is 16.8. The smallest absolute Gasteiger partial charge is 0.272 e. The number of nitrogens with one attached hydrogen (secondary N) is 2. The van der Waals surface area contributed by atoms with Gasteiger partial charge in [-0.3, -0.25) is 9.59 Å². The summed E-state index contributed by atoms with van der Waals surface area (Å²) in [6.07, 6.45) is 1.58. The molecule has 0 saturated carbocycles. The number of hydrogen-bond donors (Lipinski definition) is 3. The Kier molecular flexibility index (Phi) is 6.23. The molecule has 6 nitrogen and oxygen atoms in total. The second-order valence-electron chi connectivity index (χ2n) is 8.77. The van der Waals surface area contributed by atoms with E-state index in [1.807, 2.05) is 20.8 Å². The molecule has 2 aromatic rings. The van der Waals surface area contributed by atoms with Crippen LogP contribution in [0, 0.1) is 18.7 Å². The van der Waals surface area contributed by atoms with E-state index >= 15 is 0 Å². The Labute approximate surface area is 171 Å². The van der Waals surface area contributed by atoms with E-state index in [4.69, 9.17) is 0 Å². The van der Waals surface area contributed by atoms with Gasteiger partial charge in [0, 0.05) is 30.0 Å². The minimum atomic E-state index is -1.80. The Morgan fingerprint density at radius 3 is 2.31 bits per heavy atom. The van der Waals surface area contributed by atoms with Crippen molar-refractivity contribution in [2.75, 3.05) is 5.32 Å². The molecule has 0 aliphatic heterocycles. The average Bonchev–Trinajstić information content (AvgIpc) is 2.97. The number of aromatic nitrogens is 1. The SMILES string of the molecule is Cc1cc(NC(=O)c2cc(C(O)(C(=O)NC(C)(C)C)C(C)C)cn2C)ccc1F. The number of carbonyl (C=O) groups excluding carboxylic acids is 2. The second-order valence-corrected chi connectivity index (χ2v) is 8.77. The first-order valence-corrected chi connectivity index (χ1v) is 9.55. The molecule has 1 unspecified atom stereocenters. The van der Waals surface area contributed by atoms with Crippen LogP contribution in [-0.2, 0) is 17.4 Å². The number of anilines is 1. The van der Waals surface area contributed by atoms with Gasteiger partial charge in [0.1, 0.15) is 11.5 Å². The lowest BCUT2D eigenvalue weighted by Gasteiger charge is -2.33. The lowest BCUT2D eigenvalue weighted by Crippen LogP contribution is -2.53. The van der Waals surface area contributed by atoms with Crippen molar-refractivity contribution < 1.29 is 19.1 Å². The van der Waals surface area contributed by atoms with E-state index in [0.717, 1.165) is 0 Å². The molecule has 0 aliphatic rings.